The van der Waals surface area contributed by atoms with Crippen molar-refractivity contribution in [3.8, 4) is 5.69 Å². The van der Waals surface area contributed by atoms with Gasteiger partial charge in [-0.15, -0.1) is 0 Å². The summed E-state index contributed by atoms with van der Waals surface area (Å²) in [5, 5.41) is 6.71. The maximum Gasteiger partial charge on any atom is 0.253 e. The molecule has 1 amide bonds. The third-order valence-corrected chi connectivity index (χ3v) is 4.54. The molecule has 1 aromatic carbocycles. The summed E-state index contributed by atoms with van der Waals surface area (Å²) in [6, 6.07) is 6.44. The van der Waals surface area contributed by atoms with E-state index in [9.17, 15) is 14.0 Å². The molecule has 0 bridgehead atoms. The molecule has 3 aromatic rings. The highest BCUT2D eigenvalue weighted by Gasteiger charge is 2.08. The van der Waals surface area contributed by atoms with Crippen molar-refractivity contribution in [1.82, 2.24) is 20.1 Å². The molecule has 0 aliphatic carbocycles. The molecule has 0 aliphatic rings. The average Bonchev–Trinajstić information content (AvgIpc) is 3.05. The van der Waals surface area contributed by atoms with E-state index >= 15 is 0 Å². The third kappa shape index (κ3) is 4.64. The van der Waals surface area contributed by atoms with Crippen molar-refractivity contribution in [1.29, 1.82) is 0 Å². The van der Waals surface area contributed by atoms with Crippen LogP contribution in [0.15, 0.2) is 52.0 Å². The smallest absolute Gasteiger partial charge is 0.253 e. The fraction of sp³-hybridized carbons (Fsp3) is 0.150. The molecule has 0 aliphatic heterocycles. The van der Waals surface area contributed by atoms with E-state index in [1.807, 2.05) is 13.0 Å². The van der Waals surface area contributed by atoms with Crippen LogP contribution in [0.1, 0.15) is 22.4 Å². The normalized spacial score (nSPS) is 11.1. The standard InChI is InChI=1S/C20H18BrFN4O2/c1-12-7-13(2)25-20(28)16(12)10-23-19(27)6-4-14-3-5-18(17(22)8-14)26-11-15(21)9-24-26/h3-9,11H,10H2,1-2H3,(H,23,27)(H,25,28)/b6-4+. The Morgan fingerprint density at radius 1 is 1.36 bits per heavy atom. The number of rotatable bonds is 5. The van der Waals surface area contributed by atoms with Gasteiger partial charge in [-0.1, -0.05) is 6.07 Å². The molecule has 0 fully saturated rings. The minimum absolute atomic E-state index is 0.117. The minimum atomic E-state index is -0.458. The van der Waals surface area contributed by atoms with Crippen molar-refractivity contribution in [2.45, 2.75) is 20.4 Å². The molecule has 2 N–H and O–H groups in total. The number of amides is 1. The molecule has 8 heteroatoms. The number of nitrogens with one attached hydrogen (secondary N) is 2. The second-order valence-corrected chi connectivity index (χ2v) is 7.22. The molecule has 6 nitrogen and oxygen atoms in total. The second kappa shape index (κ2) is 8.35. The fourth-order valence-corrected chi connectivity index (χ4v) is 3.04. The molecule has 0 saturated heterocycles. The number of pyridine rings is 1. The maximum absolute atomic E-state index is 14.3. The first-order valence-corrected chi connectivity index (χ1v) is 9.28. The maximum atomic E-state index is 14.3. The van der Waals surface area contributed by atoms with Crippen molar-refractivity contribution in [2.24, 2.45) is 0 Å². The Morgan fingerprint density at radius 3 is 2.79 bits per heavy atom. The number of benzene rings is 1. The predicted octanol–water partition coefficient (Wildman–Crippen LogP) is 3.41. The van der Waals surface area contributed by atoms with Crippen LogP contribution in [0.4, 0.5) is 4.39 Å². The summed E-state index contributed by atoms with van der Waals surface area (Å²) >= 11 is 3.27. The molecule has 28 heavy (non-hydrogen) atoms. The van der Waals surface area contributed by atoms with Gasteiger partial charge in [-0.3, -0.25) is 9.59 Å². The molecule has 0 saturated carbocycles. The zero-order valence-electron chi connectivity index (χ0n) is 15.3. The van der Waals surface area contributed by atoms with E-state index in [1.54, 1.807) is 31.5 Å². The predicted molar refractivity (Wildman–Crippen MR) is 109 cm³/mol. The number of aromatic nitrogens is 3. The van der Waals surface area contributed by atoms with Crippen LogP contribution in [0, 0.1) is 19.7 Å². The first-order chi connectivity index (χ1) is 13.3. The highest BCUT2D eigenvalue weighted by molar-refractivity contribution is 9.10. The molecule has 2 heterocycles. The number of halogens is 2. The van der Waals surface area contributed by atoms with E-state index in [4.69, 9.17) is 0 Å². The number of hydrogen-bond donors (Lipinski definition) is 2. The number of aromatic amines is 1. The van der Waals surface area contributed by atoms with Crippen LogP contribution in [0.5, 0.6) is 0 Å². The summed E-state index contributed by atoms with van der Waals surface area (Å²) in [7, 11) is 0. The number of carbonyl (C=O) groups is 1. The number of nitrogens with zero attached hydrogens (tertiary/aromatic N) is 2. The van der Waals surface area contributed by atoms with Gasteiger partial charge < -0.3 is 10.3 Å². The van der Waals surface area contributed by atoms with Crippen molar-refractivity contribution in [3.05, 3.63) is 85.8 Å². The summed E-state index contributed by atoms with van der Waals surface area (Å²) in [6.07, 6.45) is 6.03. The summed E-state index contributed by atoms with van der Waals surface area (Å²) in [6.45, 7) is 3.74. The second-order valence-electron chi connectivity index (χ2n) is 6.31. The van der Waals surface area contributed by atoms with Crippen molar-refractivity contribution in [3.63, 3.8) is 0 Å². The van der Waals surface area contributed by atoms with Gasteiger partial charge in [-0.05, 0) is 65.2 Å². The quantitative estimate of drug-likeness (QED) is 0.591. The van der Waals surface area contributed by atoms with Gasteiger partial charge >= 0.3 is 0 Å². The van der Waals surface area contributed by atoms with Gasteiger partial charge in [-0.2, -0.15) is 5.10 Å². The van der Waals surface area contributed by atoms with Crippen LogP contribution in [-0.4, -0.2) is 20.7 Å². The van der Waals surface area contributed by atoms with Gasteiger partial charge in [0.2, 0.25) is 5.91 Å². The Labute approximate surface area is 169 Å². The summed E-state index contributed by atoms with van der Waals surface area (Å²) in [5.41, 5.74) is 2.71. The monoisotopic (exact) mass is 444 g/mol. The van der Waals surface area contributed by atoms with Crippen LogP contribution in [0.3, 0.4) is 0 Å². The van der Waals surface area contributed by atoms with E-state index in [2.05, 4.69) is 31.3 Å². The van der Waals surface area contributed by atoms with E-state index in [1.165, 1.54) is 22.9 Å². The van der Waals surface area contributed by atoms with E-state index in [0.717, 1.165) is 15.7 Å². The lowest BCUT2D eigenvalue weighted by Crippen LogP contribution is -2.26. The minimum Gasteiger partial charge on any atom is -0.348 e. The summed E-state index contributed by atoms with van der Waals surface area (Å²) < 4.78 is 16.5. The highest BCUT2D eigenvalue weighted by atomic mass is 79.9. The van der Waals surface area contributed by atoms with E-state index in [0.29, 0.717) is 16.8 Å². The van der Waals surface area contributed by atoms with E-state index in [-0.39, 0.29) is 18.0 Å². The Kier molecular flexibility index (Phi) is 5.89. The molecule has 3 rings (SSSR count). The summed E-state index contributed by atoms with van der Waals surface area (Å²) in [5.74, 6) is -0.833. The largest absolute Gasteiger partial charge is 0.348 e. The zero-order chi connectivity index (χ0) is 20.3. The van der Waals surface area contributed by atoms with Crippen LogP contribution in [0.2, 0.25) is 0 Å². The molecular formula is C20H18BrFN4O2. The van der Waals surface area contributed by atoms with Gasteiger partial charge in [0.05, 0.1) is 10.7 Å². The van der Waals surface area contributed by atoms with Gasteiger partial charge in [0, 0.05) is 30.1 Å². The molecule has 0 spiro atoms. The van der Waals surface area contributed by atoms with Crippen LogP contribution in [0.25, 0.3) is 11.8 Å². The molecule has 0 atom stereocenters. The van der Waals surface area contributed by atoms with Crippen molar-refractivity contribution < 1.29 is 9.18 Å². The Hall–Kier alpha value is -3.00. The van der Waals surface area contributed by atoms with Crippen LogP contribution < -0.4 is 10.9 Å². The van der Waals surface area contributed by atoms with Crippen LogP contribution >= 0.6 is 15.9 Å². The van der Waals surface area contributed by atoms with E-state index < -0.39 is 5.82 Å². The molecule has 144 valence electrons. The van der Waals surface area contributed by atoms with Gasteiger partial charge in [0.25, 0.3) is 5.56 Å². The number of aryl methyl sites for hydroxylation is 2. The lowest BCUT2D eigenvalue weighted by Gasteiger charge is -2.06. The highest BCUT2D eigenvalue weighted by Crippen LogP contribution is 2.18. The first kappa shape index (κ1) is 19.8. The van der Waals surface area contributed by atoms with Gasteiger partial charge in [0.15, 0.2) is 0 Å². The van der Waals surface area contributed by atoms with Gasteiger partial charge in [0.1, 0.15) is 11.5 Å². The van der Waals surface area contributed by atoms with Gasteiger partial charge in [-0.25, -0.2) is 9.07 Å². The first-order valence-electron chi connectivity index (χ1n) is 8.49. The van der Waals surface area contributed by atoms with Crippen molar-refractivity contribution in [2.75, 3.05) is 0 Å². The lowest BCUT2D eigenvalue weighted by molar-refractivity contribution is -0.116. The van der Waals surface area contributed by atoms with Crippen LogP contribution in [-0.2, 0) is 11.3 Å². The van der Waals surface area contributed by atoms with Crippen molar-refractivity contribution >= 4 is 27.9 Å². The molecule has 2 aromatic heterocycles. The number of H-pyrrole nitrogens is 1. The zero-order valence-corrected chi connectivity index (χ0v) is 16.9. The third-order valence-electron chi connectivity index (χ3n) is 4.13. The SMILES string of the molecule is Cc1cc(C)c(CNC(=O)/C=C/c2ccc(-n3cc(Br)cn3)c(F)c2)c(=O)[nH]1. The Morgan fingerprint density at radius 2 is 2.14 bits per heavy atom. The number of hydrogen-bond acceptors (Lipinski definition) is 3. The number of carbonyl (C=O) groups excluding carboxylic acids is 1. The lowest BCUT2D eigenvalue weighted by atomic mass is 10.1. The summed E-state index contributed by atoms with van der Waals surface area (Å²) in [4.78, 5) is 26.7. The average molecular weight is 445 g/mol. The Balaban J connectivity index is 1.66. The molecular weight excluding hydrogens is 427 g/mol. The topological polar surface area (TPSA) is 79.8 Å². The Bertz CT molecular complexity index is 1120. The fourth-order valence-electron chi connectivity index (χ4n) is 2.75. The molecule has 0 unspecified atom stereocenters. The molecule has 0 radical (unpaired) electrons.